The molecule has 1 saturated heterocycles. The summed E-state index contributed by atoms with van der Waals surface area (Å²) < 4.78 is 25.4. The highest BCUT2D eigenvalue weighted by Gasteiger charge is 2.34. The first-order valence-electron chi connectivity index (χ1n) is 8.21. The van der Waals surface area contributed by atoms with E-state index < -0.39 is 10.0 Å². The van der Waals surface area contributed by atoms with E-state index in [2.05, 4.69) is 0 Å². The van der Waals surface area contributed by atoms with E-state index in [9.17, 15) is 13.2 Å². The van der Waals surface area contributed by atoms with E-state index in [0.717, 1.165) is 12.0 Å². The zero-order valence-electron chi connectivity index (χ0n) is 15.2. The number of halogens is 1. The SMILES string of the molecule is CC(C(=O)N1CC(CN)CC1C)c1ccc(S(=O)(=O)N(C)C)cc1.Cl. The molecule has 2 N–H and O–H groups in total. The number of carbonyl (C=O) groups excluding carboxylic acids is 1. The molecule has 1 heterocycles. The second kappa shape index (κ2) is 8.49. The Kier molecular flexibility index (Phi) is 7.43. The van der Waals surface area contributed by atoms with Gasteiger partial charge in [0.2, 0.25) is 15.9 Å². The van der Waals surface area contributed by atoms with Crippen LogP contribution < -0.4 is 5.73 Å². The lowest BCUT2D eigenvalue weighted by Gasteiger charge is -2.25. The van der Waals surface area contributed by atoms with Crippen LogP contribution in [0.3, 0.4) is 0 Å². The maximum atomic E-state index is 12.8. The first-order valence-corrected chi connectivity index (χ1v) is 9.65. The fourth-order valence-corrected chi connectivity index (χ4v) is 4.05. The molecule has 0 radical (unpaired) electrons. The standard InChI is InChI=1S/C17H27N3O3S.ClH/c1-12-9-14(10-18)11-20(12)17(21)13(2)15-5-7-16(8-6-15)24(22,23)19(3)4;/h5-8,12-14H,9-11,18H2,1-4H3;1H. The Morgan fingerprint density at radius 3 is 2.32 bits per heavy atom. The number of amides is 1. The molecule has 142 valence electrons. The van der Waals surface area contributed by atoms with E-state index in [1.165, 1.54) is 18.4 Å². The molecule has 1 aliphatic heterocycles. The fraction of sp³-hybridized carbons (Fsp3) is 0.588. The minimum absolute atomic E-state index is 0. The average molecular weight is 390 g/mol. The zero-order chi connectivity index (χ0) is 18.1. The van der Waals surface area contributed by atoms with E-state index in [4.69, 9.17) is 5.73 Å². The molecule has 2 rings (SSSR count). The first-order chi connectivity index (χ1) is 11.2. The molecule has 0 bridgehead atoms. The number of carbonyl (C=O) groups is 1. The largest absolute Gasteiger partial charge is 0.339 e. The number of rotatable bonds is 5. The molecule has 1 aromatic carbocycles. The van der Waals surface area contributed by atoms with Crippen molar-refractivity contribution in [3.8, 4) is 0 Å². The molecule has 1 aliphatic rings. The van der Waals surface area contributed by atoms with E-state index in [-0.39, 0.29) is 35.2 Å². The van der Waals surface area contributed by atoms with Crippen LogP contribution in [0.25, 0.3) is 0 Å². The summed E-state index contributed by atoms with van der Waals surface area (Å²) >= 11 is 0. The predicted octanol–water partition coefficient (Wildman–Crippen LogP) is 1.66. The van der Waals surface area contributed by atoms with Gasteiger partial charge in [0.25, 0.3) is 0 Å². The van der Waals surface area contributed by atoms with E-state index in [1.807, 2.05) is 18.7 Å². The number of benzene rings is 1. The van der Waals surface area contributed by atoms with Gasteiger partial charge in [-0.1, -0.05) is 12.1 Å². The van der Waals surface area contributed by atoms with Crippen molar-refractivity contribution in [3.05, 3.63) is 29.8 Å². The number of sulfonamides is 1. The van der Waals surface area contributed by atoms with Gasteiger partial charge in [-0.05, 0) is 50.4 Å². The summed E-state index contributed by atoms with van der Waals surface area (Å²) in [5.74, 6) is 0.130. The van der Waals surface area contributed by atoms with Gasteiger partial charge in [0, 0.05) is 26.7 Å². The predicted molar refractivity (Wildman–Crippen MR) is 101 cm³/mol. The molecule has 3 unspecified atom stereocenters. The Bertz CT molecular complexity index is 692. The molecule has 1 fully saturated rings. The summed E-state index contributed by atoms with van der Waals surface area (Å²) in [4.78, 5) is 14.9. The van der Waals surface area contributed by atoms with Crippen molar-refractivity contribution in [2.75, 3.05) is 27.2 Å². The quantitative estimate of drug-likeness (QED) is 0.830. The Morgan fingerprint density at radius 2 is 1.88 bits per heavy atom. The van der Waals surface area contributed by atoms with Crippen LogP contribution in [0.15, 0.2) is 29.2 Å². The highest BCUT2D eigenvalue weighted by molar-refractivity contribution is 7.89. The van der Waals surface area contributed by atoms with Crippen molar-refractivity contribution in [2.45, 2.75) is 37.1 Å². The monoisotopic (exact) mass is 389 g/mol. The summed E-state index contributed by atoms with van der Waals surface area (Å²) in [5, 5.41) is 0. The van der Waals surface area contributed by atoms with Gasteiger partial charge in [-0.3, -0.25) is 4.79 Å². The lowest BCUT2D eigenvalue weighted by atomic mass is 9.99. The van der Waals surface area contributed by atoms with Crippen LogP contribution >= 0.6 is 12.4 Å². The smallest absolute Gasteiger partial charge is 0.242 e. The Balaban J connectivity index is 0.00000312. The van der Waals surface area contributed by atoms with Gasteiger partial charge in [-0.25, -0.2) is 12.7 Å². The summed E-state index contributed by atoms with van der Waals surface area (Å²) in [6.07, 6.45) is 0.939. The van der Waals surface area contributed by atoms with Crippen LogP contribution in [0.1, 0.15) is 31.7 Å². The van der Waals surface area contributed by atoms with Crippen LogP contribution in [0, 0.1) is 5.92 Å². The normalized spacial score (nSPS) is 21.9. The van der Waals surface area contributed by atoms with Gasteiger partial charge in [-0.2, -0.15) is 0 Å². The average Bonchev–Trinajstić information content (AvgIpc) is 2.94. The van der Waals surface area contributed by atoms with Crippen molar-refractivity contribution < 1.29 is 13.2 Å². The molecular formula is C17H28ClN3O3S. The van der Waals surface area contributed by atoms with Crippen LogP contribution in [-0.4, -0.2) is 56.8 Å². The van der Waals surface area contributed by atoms with Crippen molar-refractivity contribution in [1.82, 2.24) is 9.21 Å². The van der Waals surface area contributed by atoms with Gasteiger partial charge in [0.15, 0.2) is 0 Å². The minimum atomic E-state index is -3.45. The number of hydrogen-bond donors (Lipinski definition) is 1. The lowest BCUT2D eigenvalue weighted by Crippen LogP contribution is -2.37. The third-order valence-corrected chi connectivity index (χ3v) is 6.64. The summed E-state index contributed by atoms with van der Waals surface area (Å²) in [6.45, 7) is 5.21. The van der Waals surface area contributed by atoms with Crippen LogP contribution in [0.2, 0.25) is 0 Å². The first kappa shape index (κ1) is 21.9. The number of nitrogens with two attached hydrogens (primary N) is 1. The van der Waals surface area contributed by atoms with E-state index >= 15 is 0 Å². The molecule has 3 atom stereocenters. The summed E-state index contributed by atoms with van der Waals surface area (Å²) in [7, 11) is -0.455. The van der Waals surface area contributed by atoms with Crippen molar-refractivity contribution in [3.63, 3.8) is 0 Å². The van der Waals surface area contributed by atoms with Crippen molar-refractivity contribution in [2.24, 2.45) is 11.7 Å². The van der Waals surface area contributed by atoms with Crippen LogP contribution in [-0.2, 0) is 14.8 Å². The molecule has 25 heavy (non-hydrogen) atoms. The molecule has 0 saturated carbocycles. The highest BCUT2D eigenvalue weighted by atomic mass is 35.5. The Morgan fingerprint density at radius 1 is 1.32 bits per heavy atom. The topological polar surface area (TPSA) is 83.7 Å². The second-order valence-corrected chi connectivity index (χ2v) is 8.91. The zero-order valence-corrected chi connectivity index (χ0v) is 16.8. The van der Waals surface area contributed by atoms with Crippen LogP contribution in [0.5, 0.6) is 0 Å². The van der Waals surface area contributed by atoms with Crippen LogP contribution in [0.4, 0.5) is 0 Å². The van der Waals surface area contributed by atoms with Gasteiger partial charge in [-0.15, -0.1) is 12.4 Å². The van der Waals surface area contributed by atoms with Crippen molar-refractivity contribution in [1.29, 1.82) is 0 Å². The molecule has 8 heteroatoms. The Hall–Kier alpha value is -1.15. The fourth-order valence-electron chi connectivity index (χ4n) is 3.15. The third-order valence-electron chi connectivity index (χ3n) is 4.81. The van der Waals surface area contributed by atoms with E-state index in [1.54, 1.807) is 24.3 Å². The summed E-state index contributed by atoms with van der Waals surface area (Å²) in [6, 6.07) is 6.76. The van der Waals surface area contributed by atoms with Crippen molar-refractivity contribution >= 4 is 28.3 Å². The molecular weight excluding hydrogens is 362 g/mol. The second-order valence-electron chi connectivity index (χ2n) is 6.76. The highest BCUT2D eigenvalue weighted by Crippen LogP contribution is 2.28. The lowest BCUT2D eigenvalue weighted by molar-refractivity contribution is -0.133. The molecule has 0 spiro atoms. The number of likely N-dealkylation sites (tertiary alicyclic amines) is 1. The molecule has 1 aromatic rings. The third kappa shape index (κ3) is 4.53. The van der Waals surface area contributed by atoms with Gasteiger partial charge >= 0.3 is 0 Å². The molecule has 1 amide bonds. The van der Waals surface area contributed by atoms with E-state index in [0.29, 0.717) is 19.0 Å². The van der Waals surface area contributed by atoms with Gasteiger partial charge in [0.1, 0.15) is 0 Å². The number of nitrogens with zero attached hydrogens (tertiary/aromatic N) is 2. The minimum Gasteiger partial charge on any atom is -0.339 e. The molecule has 0 aromatic heterocycles. The maximum Gasteiger partial charge on any atom is 0.242 e. The summed E-state index contributed by atoms with van der Waals surface area (Å²) in [5.41, 5.74) is 6.55. The number of hydrogen-bond acceptors (Lipinski definition) is 4. The van der Waals surface area contributed by atoms with Gasteiger partial charge < -0.3 is 10.6 Å². The van der Waals surface area contributed by atoms with Gasteiger partial charge in [0.05, 0.1) is 10.8 Å². The molecule has 6 nitrogen and oxygen atoms in total. The molecule has 0 aliphatic carbocycles. The Labute approximate surface area is 156 Å². The maximum absolute atomic E-state index is 12.8.